The number of aromatic nitrogens is 4. The van der Waals surface area contributed by atoms with Crippen molar-refractivity contribution >= 4 is 12.3 Å². The van der Waals surface area contributed by atoms with Crippen molar-refractivity contribution in [1.29, 1.82) is 0 Å². The largest absolute Gasteiger partial charge is 0.368 e. The first-order chi connectivity index (χ1) is 19.8. The summed E-state index contributed by atoms with van der Waals surface area (Å²) >= 11 is 0. The molecule has 2 saturated heterocycles. The molecule has 4 aliphatic rings. The highest BCUT2D eigenvalue weighted by Crippen LogP contribution is 2.48. The lowest BCUT2D eigenvalue weighted by molar-refractivity contribution is -0.129. The van der Waals surface area contributed by atoms with Gasteiger partial charge in [0, 0.05) is 37.8 Å². The van der Waals surface area contributed by atoms with Crippen LogP contribution in [0.5, 0.6) is 0 Å². The van der Waals surface area contributed by atoms with Gasteiger partial charge in [0.05, 0.1) is 30.3 Å². The van der Waals surface area contributed by atoms with E-state index in [1.807, 2.05) is 35.2 Å². The van der Waals surface area contributed by atoms with Gasteiger partial charge in [0.1, 0.15) is 6.61 Å². The van der Waals surface area contributed by atoms with Crippen molar-refractivity contribution < 1.29 is 18.8 Å². The van der Waals surface area contributed by atoms with Gasteiger partial charge < -0.3 is 19.1 Å². The third-order valence-corrected chi connectivity index (χ3v) is 8.98. The summed E-state index contributed by atoms with van der Waals surface area (Å²) in [5, 5.41) is 8.66. The minimum atomic E-state index is -0.274. The molecule has 0 N–H and O–H groups in total. The van der Waals surface area contributed by atoms with Gasteiger partial charge in [-0.25, -0.2) is 0 Å². The van der Waals surface area contributed by atoms with Crippen molar-refractivity contribution in [3.05, 3.63) is 65.6 Å². The number of ether oxygens (including phenoxy) is 1. The van der Waals surface area contributed by atoms with E-state index in [1.165, 1.54) is 25.7 Å². The highest BCUT2D eigenvalue weighted by molar-refractivity contribution is 5.94. The Bertz CT molecular complexity index is 1330. The fourth-order valence-electron chi connectivity index (χ4n) is 6.11. The Hall–Kier alpha value is -3.53. The van der Waals surface area contributed by atoms with Gasteiger partial charge in [-0.05, 0) is 36.7 Å². The molecule has 1 atom stereocenters. The highest BCUT2D eigenvalue weighted by Gasteiger charge is 2.57. The van der Waals surface area contributed by atoms with Crippen LogP contribution in [0.25, 0.3) is 0 Å². The summed E-state index contributed by atoms with van der Waals surface area (Å²) in [4.78, 5) is 33.0. The summed E-state index contributed by atoms with van der Waals surface area (Å²) in [6.45, 7) is 7.65. The van der Waals surface area contributed by atoms with Crippen LogP contribution in [0.3, 0.4) is 0 Å². The van der Waals surface area contributed by atoms with Crippen LogP contribution < -0.4 is 0 Å². The van der Waals surface area contributed by atoms with Gasteiger partial charge in [0.2, 0.25) is 6.41 Å². The van der Waals surface area contributed by atoms with E-state index in [2.05, 4.69) is 29.1 Å². The number of carbonyl (C=O) groups excluding carboxylic acids is 2. The SMILES string of the molecule is CC1(C)CC1.O=CN1CC2(C1)CN(C(=O)c1cnn(Cc3ccccc3)c1)CC2c1noc(COC2CCCC2)n1. The maximum atomic E-state index is 13.4. The van der Waals surface area contributed by atoms with E-state index in [0.717, 1.165) is 30.2 Å². The van der Waals surface area contributed by atoms with Crippen LogP contribution in [0.15, 0.2) is 47.2 Å². The third-order valence-electron chi connectivity index (χ3n) is 8.98. The third kappa shape index (κ3) is 6.37. The van der Waals surface area contributed by atoms with Crippen LogP contribution in [0.2, 0.25) is 0 Å². The Labute approximate surface area is 241 Å². The predicted molar refractivity (Wildman–Crippen MR) is 151 cm³/mol. The summed E-state index contributed by atoms with van der Waals surface area (Å²) in [7, 11) is 0. The summed E-state index contributed by atoms with van der Waals surface area (Å²) in [5.74, 6) is 0.862. The van der Waals surface area contributed by atoms with Gasteiger partial charge in [-0.3, -0.25) is 14.3 Å². The molecule has 1 aromatic carbocycles. The van der Waals surface area contributed by atoms with Crippen molar-refractivity contribution in [2.75, 3.05) is 26.2 Å². The molecule has 2 aliphatic heterocycles. The van der Waals surface area contributed by atoms with Crippen LogP contribution in [0.1, 0.15) is 85.9 Å². The standard InChI is InChI=1S/C26H30N6O4.C5H10/c33-18-30-15-26(16-30)17-31(25(34)20-10-27-32(12-20)11-19-6-2-1-3-7-19)13-22(26)24-28-23(36-29-24)14-35-21-8-4-5-9-21;1-5(2)3-4-5/h1-3,6-7,10,12,18,21-22H,4-5,8-9,11,13-17H2;3-4H2,1-2H3. The first kappa shape index (κ1) is 27.6. The lowest BCUT2D eigenvalue weighted by atomic mass is 9.71. The van der Waals surface area contributed by atoms with E-state index in [-0.39, 0.29) is 23.3 Å². The number of likely N-dealkylation sites (tertiary alicyclic amines) is 2. The second kappa shape index (κ2) is 11.4. The molecule has 1 spiro atoms. The predicted octanol–water partition coefficient (Wildman–Crippen LogP) is 4.28. The smallest absolute Gasteiger partial charge is 0.257 e. The molecule has 10 heteroatoms. The van der Waals surface area contributed by atoms with Crippen LogP contribution in [0, 0.1) is 10.8 Å². The molecule has 2 aromatic heterocycles. The van der Waals surface area contributed by atoms with E-state index in [9.17, 15) is 9.59 Å². The number of hydrogen-bond acceptors (Lipinski definition) is 7. The highest BCUT2D eigenvalue weighted by atomic mass is 16.5. The van der Waals surface area contributed by atoms with Crippen molar-refractivity contribution in [3.8, 4) is 0 Å². The lowest BCUT2D eigenvalue weighted by Crippen LogP contribution is -2.59. The number of rotatable bonds is 8. The molecular weight excluding hydrogens is 520 g/mol. The normalized spacial score (nSPS) is 22.3. The van der Waals surface area contributed by atoms with Gasteiger partial charge in [-0.2, -0.15) is 10.1 Å². The topological polar surface area (TPSA) is 107 Å². The van der Waals surface area contributed by atoms with E-state index < -0.39 is 0 Å². The van der Waals surface area contributed by atoms with Crippen LogP contribution in [0.4, 0.5) is 0 Å². The van der Waals surface area contributed by atoms with Crippen molar-refractivity contribution in [2.24, 2.45) is 10.8 Å². The Morgan fingerprint density at radius 3 is 2.54 bits per heavy atom. The zero-order valence-corrected chi connectivity index (χ0v) is 24.1. The van der Waals surface area contributed by atoms with Gasteiger partial charge in [-0.15, -0.1) is 0 Å². The van der Waals surface area contributed by atoms with Crippen LogP contribution in [-0.4, -0.2) is 74.3 Å². The number of benzene rings is 1. The molecule has 218 valence electrons. The van der Waals surface area contributed by atoms with Gasteiger partial charge in [-0.1, -0.05) is 62.2 Å². The molecule has 3 aromatic rings. The van der Waals surface area contributed by atoms with Crippen molar-refractivity contribution in [2.45, 2.75) is 77.5 Å². The Morgan fingerprint density at radius 1 is 1.12 bits per heavy atom. The molecule has 2 amide bonds. The van der Waals surface area contributed by atoms with E-state index in [1.54, 1.807) is 22.0 Å². The van der Waals surface area contributed by atoms with Gasteiger partial charge in [0.15, 0.2) is 5.82 Å². The molecule has 2 saturated carbocycles. The molecule has 0 bridgehead atoms. The first-order valence-electron chi connectivity index (χ1n) is 14.8. The molecule has 1 unspecified atom stereocenters. The van der Waals surface area contributed by atoms with Crippen LogP contribution in [-0.2, 0) is 22.7 Å². The van der Waals surface area contributed by atoms with E-state index >= 15 is 0 Å². The molecule has 7 rings (SSSR count). The fraction of sp³-hybridized carbons (Fsp3) is 0.581. The number of carbonyl (C=O) groups is 2. The Balaban J connectivity index is 0.000000548. The zero-order valence-electron chi connectivity index (χ0n) is 24.1. The molecular formula is C31H40N6O4. The van der Waals surface area contributed by atoms with Gasteiger partial charge in [0.25, 0.3) is 11.8 Å². The molecule has 10 nitrogen and oxygen atoms in total. The number of nitrogens with zero attached hydrogens (tertiary/aromatic N) is 6. The lowest BCUT2D eigenvalue weighted by Gasteiger charge is -2.48. The molecule has 4 fully saturated rings. The summed E-state index contributed by atoms with van der Waals surface area (Å²) in [5.41, 5.74) is 2.14. The van der Waals surface area contributed by atoms with Crippen LogP contribution >= 0.6 is 0 Å². The molecule has 0 radical (unpaired) electrons. The van der Waals surface area contributed by atoms with Crippen molar-refractivity contribution in [3.63, 3.8) is 0 Å². The van der Waals surface area contributed by atoms with Crippen molar-refractivity contribution in [1.82, 2.24) is 29.7 Å². The minimum absolute atomic E-state index is 0.0750. The number of hydrogen-bond donors (Lipinski definition) is 0. The maximum Gasteiger partial charge on any atom is 0.257 e. The summed E-state index contributed by atoms with van der Waals surface area (Å²) in [6, 6.07) is 10.0. The molecule has 4 heterocycles. The average molecular weight is 561 g/mol. The minimum Gasteiger partial charge on any atom is -0.368 e. The van der Waals surface area contributed by atoms with Gasteiger partial charge >= 0.3 is 0 Å². The monoisotopic (exact) mass is 560 g/mol. The fourth-order valence-corrected chi connectivity index (χ4v) is 6.11. The maximum absolute atomic E-state index is 13.4. The first-order valence-corrected chi connectivity index (χ1v) is 14.8. The Kier molecular flexibility index (Phi) is 7.68. The van der Waals surface area contributed by atoms with E-state index in [4.69, 9.17) is 9.26 Å². The quantitative estimate of drug-likeness (QED) is 0.379. The number of amides is 2. The summed E-state index contributed by atoms with van der Waals surface area (Å²) < 4.78 is 13.2. The second-order valence-electron chi connectivity index (χ2n) is 13.0. The average Bonchev–Trinajstić information content (AvgIpc) is 3.55. The molecule has 41 heavy (non-hydrogen) atoms. The van der Waals surface area contributed by atoms with E-state index in [0.29, 0.717) is 56.6 Å². The molecule has 2 aliphatic carbocycles. The Morgan fingerprint density at radius 2 is 1.85 bits per heavy atom. The summed E-state index contributed by atoms with van der Waals surface area (Å²) in [6.07, 6.45) is 12.0. The zero-order chi connectivity index (χ0) is 28.5. The second-order valence-corrected chi connectivity index (χ2v) is 13.0.